The van der Waals surface area contributed by atoms with Crippen molar-refractivity contribution in [1.29, 1.82) is 0 Å². The summed E-state index contributed by atoms with van der Waals surface area (Å²) in [6.45, 7) is 2.23. The van der Waals surface area contributed by atoms with E-state index in [4.69, 9.17) is 0 Å². The normalized spacial score (nSPS) is 14.6. The zero-order valence-electron chi connectivity index (χ0n) is 15.3. The minimum atomic E-state index is 1.10. The molecule has 0 saturated heterocycles. The topological polar surface area (TPSA) is 12.0 Å². The van der Waals surface area contributed by atoms with Crippen molar-refractivity contribution in [2.75, 3.05) is 7.05 Å². The molecule has 0 aromatic heterocycles. The van der Waals surface area contributed by atoms with Gasteiger partial charge in [0, 0.05) is 4.90 Å². The molecule has 1 N–H and O–H groups in total. The van der Waals surface area contributed by atoms with Crippen molar-refractivity contribution in [2.24, 2.45) is 0 Å². The first-order chi connectivity index (χ1) is 12.8. The summed E-state index contributed by atoms with van der Waals surface area (Å²) in [6.07, 6.45) is 4.56. The predicted molar refractivity (Wildman–Crippen MR) is 113 cm³/mol. The van der Waals surface area contributed by atoms with Gasteiger partial charge in [-0.05, 0) is 89.9 Å². The lowest BCUT2D eigenvalue weighted by Crippen LogP contribution is -1.96. The standard InChI is InChI=1S/C24H23NS/c1-17-8-7-12-22-20(17)15-14-18-9-3-5-11-21(18)23(22)16-19-10-4-6-13-24(19)26-25-2/h3-13,16,25H,14-15H2,1-2H3/b23-16-. The lowest BCUT2D eigenvalue weighted by atomic mass is 9.91. The quantitative estimate of drug-likeness (QED) is 0.585. The van der Waals surface area contributed by atoms with Crippen LogP contribution in [0.5, 0.6) is 0 Å². The Morgan fingerprint density at radius 2 is 1.62 bits per heavy atom. The smallest absolute Gasteiger partial charge is 0.0300 e. The molecule has 0 radical (unpaired) electrons. The number of aryl methyl sites for hydroxylation is 2. The fourth-order valence-electron chi connectivity index (χ4n) is 3.81. The van der Waals surface area contributed by atoms with Gasteiger partial charge in [0.2, 0.25) is 0 Å². The van der Waals surface area contributed by atoms with Gasteiger partial charge in [0.1, 0.15) is 0 Å². The van der Waals surface area contributed by atoms with Crippen LogP contribution in [0.1, 0.15) is 33.4 Å². The van der Waals surface area contributed by atoms with Crippen LogP contribution in [0.3, 0.4) is 0 Å². The van der Waals surface area contributed by atoms with Gasteiger partial charge in [-0.1, -0.05) is 60.7 Å². The fourth-order valence-corrected chi connectivity index (χ4v) is 4.42. The first kappa shape index (κ1) is 17.1. The van der Waals surface area contributed by atoms with Crippen molar-refractivity contribution in [3.05, 3.63) is 100 Å². The Labute approximate surface area is 160 Å². The lowest BCUT2D eigenvalue weighted by molar-refractivity contribution is 0.954. The third-order valence-corrected chi connectivity index (χ3v) is 5.88. The summed E-state index contributed by atoms with van der Waals surface area (Å²) in [7, 11) is 1.97. The van der Waals surface area contributed by atoms with Gasteiger partial charge in [0.05, 0.1) is 0 Å². The van der Waals surface area contributed by atoms with Crippen LogP contribution in [0.15, 0.2) is 71.6 Å². The third kappa shape index (κ3) is 3.23. The molecule has 2 heteroatoms. The molecule has 26 heavy (non-hydrogen) atoms. The molecular formula is C24H23NS. The Morgan fingerprint density at radius 3 is 2.50 bits per heavy atom. The maximum Gasteiger partial charge on any atom is 0.0300 e. The Balaban J connectivity index is 1.97. The van der Waals surface area contributed by atoms with Crippen molar-refractivity contribution < 1.29 is 0 Å². The van der Waals surface area contributed by atoms with Crippen LogP contribution in [-0.2, 0) is 12.8 Å². The highest BCUT2D eigenvalue weighted by Crippen LogP contribution is 2.37. The van der Waals surface area contributed by atoms with Gasteiger partial charge in [-0.2, -0.15) is 0 Å². The Bertz CT molecular complexity index is 971. The van der Waals surface area contributed by atoms with E-state index < -0.39 is 0 Å². The Morgan fingerprint density at radius 1 is 0.846 bits per heavy atom. The lowest BCUT2D eigenvalue weighted by Gasteiger charge is -2.14. The molecule has 0 amide bonds. The number of hydrogen-bond acceptors (Lipinski definition) is 2. The second kappa shape index (κ2) is 7.53. The van der Waals surface area contributed by atoms with Crippen molar-refractivity contribution in [1.82, 2.24) is 4.72 Å². The number of benzene rings is 3. The largest absolute Gasteiger partial charge is 0.263 e. The molecule has 0 unspecified atom stereocenters. The minimum absolute atomic E-state index is 1.10. The van der Waals surface area contributed by atoms with E-state index in [-0.39, 0.29) is 0 Å². The zero-order valence-corrected chi connectivity index (χ0v) is 16.1. The van der Waals surface area contributed by atoms with Gasteiger partial charge in [-0.25, -0.2) is 0 Å². The maximum absolute atomic E-state index is 3.21. The molecule has 0 fully saturated rings. The van der Waals surface area contributed by atoms with Gasteiger partial charge >= 0.3 is 0 Å². The minimum Gasteiger partial charge on any atom is -0.263 e. The van der Waals surface area contributed by atoms with E-state index in [1.807, 2.05) is 7.05 Å². The molecule has 0 saturated carbocycles. The fraction of sp³-hybridized carbons (Fsp3) is 0.167. The van der Waals surface area contributed by atoms with Crippen molar-refractivity contribution in [3.63, 3.8) is 0 Å². The van der Waals surface area contributed by atoms with Crippen LogP contribution in [0.25, 0.3) is 11.6 Å². The Kier molecular flexibility index (Phi) is 4.96. The highest BCUT2D eigenvalue weighted by atomic mass is 32.2. The Hall–Kier alpha value is -2.29. The second-order valence-corrected chi connectivity index (χ2v) is 7.71. The molecule has 3 aromatic rings. The molecule has 0 spiro atoms. The van der Waals surface area contributed by atoms with E-state index in [1.54, 1.807) is 11.9 Å². The summed E-state index contributed by atoms with van der Waals surface area (Å²) in [5.41, 5.74) is 9.63. The number of nitrogens with one attached hydrogen (secondary N) is 1. The van der Waals surface area contributed by atoms with Crippen molar-refractivity contribution in [2.45, 2.75) is 24.7 Å². The van der Waals surface area contributed by atoms with E-state index in [2.05, 4.69) is 84.5 Å². The summed E-state index contributed by atoms with van der Waals surface area (Å²) in [5.74, 6) is 0. The van der Waals surface area contributed by atoms with E-state index in [0.29, 0.717) is 0 Å². The van der Waals surface area contributed by atoms with E-state index in [9.17, 15) is 0 Å². The highest BCUT2D eigenvalue weighted by Gasteiger charge is 2.19. The van der Waals surface area contributed by atoms with E-state index >= 15 is 0 Å². The van der Waals surface area contributed by atoms with Crippen LogP contribution >= 0.6 is 11.9 Å². The van der Waals surface area contributed by atoms with Gasteiger partial charge in [0.25, 0.3) is 0 Å². The molecule has 0 atom stereocenters. The molecule has 1 aliphatic carbocycles. The molecular weight excluding hydrogens is 334 g/mol. The number of fused-ring (bicyclic) bond motifs is 2. The molecule has 0 bridgehead atoms. The van der Waals surface area contributed by atoms with Crippen LogP contribution in [0.2, 0.25) is 0 Å². The molecule has 0 aliphatic heterocycles. The first-order valence-electron chi connectivity index (χ1n) is 9.09. The van der Waals surface area contributed by atoms with Gasteiger partial charge in [-0.15, -0.1) is 0 Å². The first-order valence-corrected chi connectivity index (χ1v) is 9.91. The summed E-state index contributed by atoms with van der Waals surface area (Å²) >= 11 is 1.67. The summed E-state index contributed by atoms with van der Waals surface area (Å²) in [6, 6.07) is 24.2. The summed E-state index contributed by atoms with van der Waals surface area (Å²) < 4.78 is 3.21. The average Bonchev–Trinajstić information content (AvgIpc) is 2.82. The van der Waals surface area contributed by atoms with Crippen molar-refractivity contribution >= 4 is 23.6 Å². The average molecular weight is 358 g/mol. The highest BCUT2D eigenvalue weighted by molar-refractivity contribution is 7.97. The predicted octanol–water partition coefficient (Wildman–Crippen LogP) is 5.91. The second-order valence-electron chi connectivity index (χ2n) is 6.66. The molecule has 130 valence electrons. The van der Waals surface area contributed by atoms with Crippen LogP contribution in [0, 0.1) is 6.92 Å². The number of hydrogen-bond donors (Lipinski definition) is 1. The summed E-state index contributed by atoms with van der Waals surface area (Å²) in [5, 5.41) is 0. The van der Waals surface area contributed by atoms with Gasteiger partial charge in [-0.3, -0.25) is 4.72 Å². The molecule has 1 nitrogen and oxygen atoms in total. The third-order valence-electron chi connectivity index (χ3n) is 5.08. The number of rotatable bonds is 3. The SMILES string of the molecule is CNSc1ccccc1/C=C1/c2ccccc2CCc2c(C)cccc21. The summed E-state index contributed by atoms with van der Waals surface area (Å²) in [4.78, 5) is 1.25. The van der Waals surface area contributed by atoms with E-state index in [0.717, 1.165) is 12.8 Å². The molecule has 0 heterocycles. The molecule has 1 aliphatic rings. The molecule has 4 rings (SSSR count). The monoisotopic (exact) mass is 357 g/mol. The van der Waals surface area contributed by atoms with Gasteiger partial charge in [0.15, 0.2) is 0 Å². The molecule has 3 aromatic carbocycles. The van der Waals surface area contributed by atoms with Crippen LogP contribution in [0.4, 0.5) is 0 Å². The van der Waals surface area contributed by atoms with Crippen molar-refractivity contribution in [3.8, 4) is 0 Å². The zero-order chi connectivity index (χ0) is 17.9. The van der Waals surface area contributed by atoms with Crippen LogP contribution < -0.4 is 4.72 Å². The maximum atomic E-state index is 3.21. The van der Waals surface area contributed by atoms with Crippen LogP contribution in [-0.4, -0.2) is 7.05 Å². The van der Waals surface area contributed by atoms with E-state index in [1.165, 1.54) is 43.8 Å². The van der Waals surface area contributed by atoms with Gasteiger partial charge < -0.3 is 0 Å².